The van der Waals surface area contributed by atoms with Crippen LogP contribution in [0.15, 0.2) is 53.3 Å². The summed E-state index contributed by atoms with van der Waals surface area (Å²) in [4.78, 5) is 37.4. The fourth-order valence-electron chi connectivity index (χ4n) is 2.97. The van der Waals surface area contributed by atoms with Gasteiger partial charge in [-0.15, -0.1) is 0 Å². The van der Waals surface area contributed by atoms with Crippen LogP contribution in [0.3, 0.4) is 0 Å². The average molecular weight is 445 g/mol. The van der Waals surface area contributed by atoms with Gasteiger partial charge < -0.3 is 14.8 Å². The van der Waals surface area contributed by atoms with E-state index >= 15 is 0 Å². The van der Waals surface area contributed by atoms with Gasteiger partial charge in [0.15, 0.2) is 12.3 Å². The maximum absolute atomic E-state index is 12.6. The molecule has 0 saturated heterocycles. The third kappa shape index (κ3) is 5.65. The molecule has 3 rings (SSSR count). The van der Waals surface area contributed by atoms with Gasteiger partial charge in [-0.1, -0.05) is 32.0 Å². The summed E-state index contributed by atoms with van der Waals surface area (Å²) in [7, 11) is 0. The van der Waals surface area contributed by atoms with Crippen LogP contribution < -0.4 is 15.6 Å². The van der Waals surface area contributed by atoms with Crippen LogP contribution in [-0.2, 0) is 16.1 Å². The Morgan fingerprint density at radius 2 is 1.72 bits per heavy atom. The molecule has 1 heterocycles. The zero-order chi connectivity index (χ0) is 23.3. The number of ether oxygens (including phenoxy) is 2. The van der Waals surface area contributed by atoms with Gasteiger partial charge in [-0.2, -0.15) is 13.9 Å². The Morgan fingerprint density at radius 3 is 2.34 bits per heavy atom. The van der Waals surface area contributed by atoms with Crippen LogP contribution in [0.4, 0.5) is 14.5 Å². The van der Waals surface area contributed by atoms with E-state index in [1.165, 1.54) is 28.9 Å². The molecule has 3 aromatic rings. The zero-order valence-corrected chi connectivity index (χ0v) is 17.4. The van der Waals surface area contributed by atoms with Gasteiger partial charge in [-0.25, -0.2) is 9.48 Å². The molecule has 0 fully saturated rings. The average Bonchev–Trinajstić information content (AvgIpc) is 2.75. The molecule has 2 aromatic carbocycles. The number of amides is 1. The highest BCUT2D eigenvalue weighted by Gasteiger charge is 2.19. The number of aromatic nitrogens is 2. The number of nitrogens with zero attached hydrogens (tertiary/aromatic N) is 2. The minimum atomic E-state index is -2.95. The number of carbonyl (C=O) groups excluding carboxylic acids is 2. The van der Waals surface area contributed by atoms with Crippen molar-refractivity contribution in [2.24, 2.45) is 5.92 Å². The molecule has 0 spiro atoms. The smallest absolute Gasteiger partial charge is 0.387 e. The van der Waals surface area contributed by atoms with Crippen LogP contribution in [-0.4, -0.2) is 34.9 Å². The lowest BCUT2D eigenvalue weighted by Gasteiger charge is -2.12. The first-order chi connectivity index (χ1) is 15.2. The first-order valence-corrected chi connectivity index (χ1v) is 9.76. The van der Waals surface area contributed by atoms with Crippen molar-refractivity contribution < 1.29 is 27.8 Å². The minimum Gasteiger partial charge on any atom is -0.451 e. The molecule has 168 valence electrons. The predicted molar refractivity (Wildman–Crippen MR) is 113 cm³/mol. The monoisotopic (exact) mass is 445 g/mol. The number of hydrogen-bond acceptors (Lipinski definition) is 6. The lowest BCUT2D eigenvalue weighted by molar-refractivity contribution is -0.119. The van der Waals surface area contributed by atoms with Crippen LogP contribution >= 0.6 is 0 Å². The molecule has 8 nitrogen and oxygen atoms in total. The molecule has 0 aliphatic rings. The molecule has 10 heteroatoms. The maximum atomic E-state index is 12.6. The standard InChI is InChI=1S/C22H21F2N3O5/c1-13(2)11-27-20(29)17-6-4-3-5-16(17)19(26-27)21(30)31-12-18(28)25-14-7-9-15(10-8-14)32-22(23)24/h3-10,13,22H,11-12H2,1-2H3,(H,25,28). The highest BCUT2D eigenvalue weighted by Crippen LogP contribution is 2.18. The van der Waals surface area contributed by atoms with E-state index in [0.29, 0.717) is 23.0 Å². The van der Waals surface area contributed by atoms with Gasteiger partial charge in [-0.05, 0) is 36.2 Å². The third-order valence-corrected chi connectivity index (χ3v) is 4.30. The number of anilines is 1. The molecule has 0 atom stereocenters. The third-order valence-electron chi connectivity index (χ3n) is 4.30. The Labute approximate surface area is 181 Å². The van der Waals surface area contributed by atoms with Gasteiger partial charge in [0.2, 0.25) is 0 Å². The van der Waals surface area contributed by atoms with Crippen molar-refractivity contribution in [1.82, 2.24) is 9.78 Å². The maximum Gasteiger partial charge on any atom is 0.387 e. The van der Waals surface area contributed by atoms with E-state index in [9.17, 15) is 23.2 Å². The summed E-state index contributed by atoms with van der Waals surface area (Å²) in [6.07, 6.45) is 0. The highest BCUT2D eigenvalue weighted by atomic mass is 19.3. The number of halogens is 2. The molecule has 0 aliphatic carbocycles. The van der Waals surface area contributed by atoms with E-state index in [1.54, 1.807) is 24.3 Å². The second-order valence-electron chi connectivity index (χ2n) is 7.30. The number of fused-ring (bicyclic) bond motifs is 1. The Balaban J connectivity index is 1.71. The van der Waals surface area contributed by atoms with Crippen LogP contribution in [0.2, 0.25) is 0 Å². The van der Waals surface area contributed by atoms with Gasteiger partial charge in [0.1, 0.15) is 5.75 Å². The van der Waals surface area contributed by atoms with Crippen LogP contribution in [0.5, 0.6) is 5.75 Å². The van der Waals surface area contributed by atoms with Crippen molar-refractivity contribution in [1.29, 1.82) is 0 Å². The predicted octanol–water partition coefficient (Wildman–Crippen LogP) is 3.45. The quantitative estimate of drug-likeness (QED) is 0.533. The van der Waals surface area contributed by atoms with Crippen molar-refractivity contribution in [2.75, 3.05) is 11.9 Å². The van der Waals surface area contributed by atoms with E-state index in [-0.39, 0.29) is 22.9 Å². The lowest BCUT2D eigenvalue weighted by Crippen LogP contribution is -2.29. The number of alkyl halides is 2. The number of hydrogen-bond donors (Lipinski definition) is 1. The fraction of sp³-hybridized carbons (Fsp3) is 0.273. The van der Waals surface area contributed by atoms with E-state index in [2.05, 4.69) is 15.2 Å². The fourth-order valence-corrected chi connectivity index (χ4v) is 2.97. The second kappa shape index (κ2) is 9.99. The summed E-state index contributed by atoms with van der Waals surface area (Å²) in [5.41, 5.74) is -0.0771. The number of nitrogens with one attached hydrogen (secondary N) is 1. The van der Waals surface area contributed by atoms with Crippen molar-refractivity contribution in [2.45, 2.75) is 27.0 Å². The number of esters is 1. The minimum absolute atomic E-state index is 0.0566. The molecule has 1 aromatic heterocycles. The van der Waals surface area contributed by atoms with Crippen molar-refractivity contribution in [3.05, 3.63) is 64.6 Å². The lowest BCUT2D eigenvalue weighted by atomic mass is 10.1. The Kier molecular flexibility index (Phi) is 7.14. The summed E-state index contributed by atoms with van der Waals surface area (Å²) in [6.45, 7) is 0.591. The molecule has 1 N–H and O–H groups in total. The molecule has 0 aliphatic heterocycles. The number of carbonyl (C=O) groups is 2. The summed E-state index contributed by atoms with van der Waals surface area (Å²) >= 11 is 0. The Hall–Kier alpha value is -3.82. The van der Waals surface area contributed by atoms with Gasteiger partial charge in [0.25, 0.3) is 11.5 Å². The Morgan fingerprint density at radius 1 is 1.06 bits per heavy atom. The normalized spacial score (nSPS) is 11.1. The van der Waals surface area contributed by atoms with Crippen molar-refractivity contribution in [3.63, 3.8) is 0 Å². The molecule has 32 heavy (non-hydrogen) atoms. The van der Waals surface area contributed by atoms with Gasteiger partial charge in [-0.3, -0.25) is 9.59 Å². The van der Waals surface area contributed by atoms with Crippen LogP contribution in [0, 0.1) is 5.92 Å². The van der Waals surface area contributed by atoms with Crippen molar-refractivity contribution in [3.8, 4) is 5.75 Å². The van der Waals surface area contributed by atoms with Gasteiger partial charge in [0, 0.05) is 17.6 Å². The molecule has 0 unspecified atom stereocenters. The topological polar surface area (TPSA) is 99.5 Å². The molecule has 0 radical (unpaired) electrons. The van der Waals surface area contributed by atoms with E-state index in [1.807, 2.05) is 13.8 Å². The molecule has 0 saturated carbocycles. The van der Waals surface area contributed by atoms with Gasteiger partial charge >= 0.3 is 12.6 Å². The van der Waals surface area contributed by atoms with E-state index in [4.69, 9.17) is 4.74 Å². The molecular formula is C22H21F2N3O5. The molecule has 1 amide bonds. The largest absolute Gasteiger partial charge is 0.451 e. The Bertz CT molecular complexity index is 1180. The van der Waals surface area contributed by atoms with E-state index < -0.39 is 25.1 Å². The molecule has 0 bridgehead atoms. The summed E-state index contributed by atoms with van der Waals surface area (Å²) in [6, 6.07) is 11.8. The van der Waals surface area contributed by atoms with E-state index in [0.717, 1.165) is 0 Å². The van der Waals surface area contributed by atoms with Crippen LogP contribution in [0.1, 0.15) is 24.3 Å². The SMILES string of the molecule is CC(C)Cn1nc(C(=O)OCC(=O)Nc2ccc(OC(F)F)cc2)c2ccccc2c1=O. The molecular weight excluding hydrogens is 424 g/mol. The van der Waals surface area contributed by atoms with Crippen molar-refractivity contribution >= 4 is 28.3 Å². The summed E-state index contributed by atoms with van der Waals surface area (Å²) < 4.78 is 34.9. The highest BCUT2D eigenvalue weighted by molar-refractivity contribution is 6.03. The number of rotatable bonds is 8. The first-order valence-electron chi connectivity index (χ1n) is 9.76. The summed E-state index contributed by atoms with van der Waals surface area (Å²) in [5, 5.41) is 7.29. The zero-order valence-electron chi connectivity index (χ0n) is 17.4. The summed E-state index contributed by atoms with van der Waals surface area (Å²) in [5.74, 6) is -1.43. The number of benzene rings is 2. The van der Waals surface area contributed by atoms with Crippen LogP contribution in [0.25, 0.3) is 10.8 Å². The van der Waals surface area contributed by atoms with Gasteiger partial charge in [0.05, 0.1) is 5.39 Å². The first kappa shape index (κ1) is 22.9. The second-order valence-corrected chi connectivity index (χ2v) is 7.30.